The van der Waals surface area contributed by atoms with Gasteiger partial charge < -0.3 is 19.3 Å². The number of ether oxygens (including phenoxy) is 2. The molecule has 24 heavy (non-hydrogen) atoms. The Morgan fingerprint density at radius 1 is 1.50 bits per heavy atom. The zero-order chi connectivity index (χ0) is 17.0. The normalized spacial score (nSPS) is 27.0. The molecule has 0 spiro atoms. The van der Waals surface area contributed by atoms with E-state index in [0.717, 1.165) is 32.4 Å². The number of carbonyl (C=O) groups excluding carboxylic acids is 1. The Kier molecular flexibility index (Phi) is 5.36. The molecular weight excluding hydrogens is 306 g/mol. The van der Waals surface area contributed by atoms with Crippen LogP contribution in [0.25, 0.3) is 0 Å². The number of pyridine rings is 1. The third-order valence-corrected chi connectivity index (χ3v) is 4.94. The lowest BCUT2D eigenvalue weighted by molar-refractivity contribution is -0.158. The molecule has 0 N–H and O–H groups in total. The minimum Gasteiger partial charge on any atom is -0.477 e. The molecule has 132 valence electrons. The number of likely N-dealkylation sites (N-methyl/N-ethyl adjacent to an activating group) is 1. The summed E-state index contributed by atoms with van der Waals surface area (Å²) in [6.45, 7) is 3.27. The molecule has 0 bridgehead atoms. The van der Waals surface area contributed by atoms with Crippen LogP contribution in [0.5, 0.6) is 5.88 Å². The van der Waals surface area contributed by atoms with Crippen LogP contribution in [0, 0.1) is 5.41 Å². The van der Waals surface area contributed by atoms with Crippen LogP contribution in [-0.4, -0.2) is 73.7 Å². The van der Waals surface area contributed by atoms with Crippen molar-refractivity contribution in [2.24, 2.45) is 5.41 Å². The number of amides is 1. The van der Waals surface area contributed by atoms with Crippen molar-refractivity contribution < 1.29 is 14.3 Å². The third kappa shape index (κ3) is 3.87. The highest BCUT2D eigenvalue weighted by Crippen LogP contribution is 2.40. The zero-order valence-corrected chi connectivity index (χ0v) is 14.6. The molecule has 2 aliphatic rings. The van der Waals surface area contributed by atoms with Crippen LogP contribution in [0.15, 0.2) is 24.4 Å². The topological polar surface area (TPSA) is 54.9 Å². The smallest absolute Gasteiger partial charge is 0.236 e. The maximum absolute atomic E-state index is 12.5. The lowest BCUT2D eigenvalue weighted by Gasteiger charge is -2.50. The molecule has 2 atom stereocenters. The first-order valence-electron chi connectivity index (χ1n) is 8.67. The van der Waals surface area contributed by atoms with E-state index in [2.05, 4.69) is 4.98 Å². The first-order valence-corrected chi connectivity index (χ1v) is 8.67. The van der Waals surface area contributed by atoms with Crippen LogP contribution < -0.4 is 4.74 Å². The fourth-order valence-corrected chi connectivity index (χ4v) is 3.73. The van der Waals surface area contributed by atoms with Gasteiger partial charge in [-0.2, -0.15) is 0 Å². The van der Waals surface area contributed by atoms with Gasteiger partial charge >= 0.3 is 0 Å². The highest BCUT2D eigenvalue weighted by molar-refractivity contribution is 5.78. The van der Waals surface area contributed by atoms with Gasteiger partial charge in [0.05, 0.1) is 19.3 Å². The average molecular weight is 333 g/mol. The number of piperidine rings is 1. The van der Waals surface area contributed by atoms with E-state index in [0.29, 0.717) is 25.6 Å². The third-order valence-electron chi connectivity index (χ3n) is 4.94. The van der Waals surface area contributed by atoms with E-state index < -0.39 is 0 Å². The second kappa shape index (κ2) is 7.49. The molecule has 1 aromatic heterocycles. The number of likely N-dealkylation sites (tertiary alicyclic amines) is 1. The molecule has 2 fully saturated rings. The monoisotopic (exact) mass is 333 g/mol. The van der Waals surface area contributed by atoms with Gasteiger partial charge in [0.15, 0.2) is 0 Å². The molecule has 1 amide bonds. The van der Waals surface area contributed by atoms with E-state index in [1.165, 1.54) is 0 Å². The maximum atomic E-state index is 12.5. The Labute approximate surface area is 143 Å². The molecule has 0 aromatic carbocycles. The summed E-state index contributed by atoms with van der Waals surface area (Å²) in [6.07, 6.45) is 4.81. The van der Waals surface area contributed by atoms with Gasteiger partial charge in [0, 0.05) is 37.4 Å². The minimum absolute atomic E-state index is 0.129. The Hall–Kier alpha value is -1.66. The number of rotatable bonds is 5. The van der Waals surface area contributed by atoms with Crippen molar-refractivity contribution in [2.75, 3.05) is 46.9 Å². The predicted molar refractivity (Wildman–Crippen MR) is 90.9 cm³/mol. The van der Waals surface area contributed by atoms with Crippen molar-refractivity contribution in [2.45, 2.75) is 25.4 Å². The van der Waals surface area contributed by atoms with Crippen LogP contribution in [0.1, 0.15) is 19.3 Å². The van der Waals surface area contributed by atoms with Crippen molar-refractivity contribution in [1.82, 2.24) is 14.8 Å². The van der Waals surface area contributed by atoms with Gasteiger partial charge in [0.2, 0.25) is 11.8 Å². The zero-order valence-electron chi connectivity index (χ0n) is 14.6. The number of hydrogen-bond donors (Lipinski definition) is 0. The summed E-state index contributed by atoms with van der Waals surface area (Å²) in [5.74, 6) is 0.814. The molecule has 0 radical (unpaired) electrons. The van der Waals surface area contributed by atoms with Gasteiger partial charge in [-0.25, -0.2) is 4.98 Å². The Morgan fingerprint density at radius 2 is 2.38 bits per heavy atom. The largest absolute Gasteiger partial charge is 0.477 e. The van der Waals surface area contributed by atoms with Gasteiger partial charge in [0.1, 0.15) is 0 Å². The molecule has 6 nitrogen and oxygen atoms in total. The number of nitrogens with zero attached hydrogens (tertiary/aromatic N) is 3. The minimum atomic E-state index is -0.129. The summed E-state index contributed by atoms with van der Waals surface area (Å²) in [5.41, 5.74) is -0.129. The average Bonchev–Trinajstić information content (AvgIpc) is 2.60. The highest BCUT2D eigenvalue weighted by atomic mass is 16.5. The maximum Gasteiger partial charge on any atom is 0.236 e. The summed E-state index contributed by atoms with van der Waals surface area (Å²) >= 11 is 0. The van der Waals surface area contributed by atoms with E-state index in [9.17, 15) is 4.79 Å². The van der Waals surface area contributed by atoms with Crippen LogP contribution in [0.4, 0.5) is 0 Å². The van der Waals surface area contributed by atoms with E-state index in [4.69, 9.17) is 9.47 Å². The van der Waals surface area contributed by atoms with Crippen molar-refractivity contribution in [3.63, 3.8) is 0 Å². The Morgan fingerprint density at radius 3 is 3.12 bits per heavy atom. The lowest BCUT2D eigenvalue weighted by Crippen LogP contribution is -2.59. The first kappa shape index (κ1) is 17.2. The summed E-state index contributed by atoms with van der Waals surface area (Å²) in [6, 6.07) is 5.66. The molecule has 3 heterocycles. The van der Waals surface area contributed by atoms with Gasteiger partial charge in [-0.05, 0) is 39.4 Å². The van der Waals surface area contributed by atoms with Gasteiger partial charge in [-0.1, -0.05) is 6.07 Å². The summed E-state index contributed by atoms with van der Waals surface area (Å²) in [5, 5.41) is 0. The predicted octanol–water partition coefficient (Wildman–Crippen LogP) is 1.42. The molecule has 2 saturated heterocycles. The van der Waals surface area contributed by atoms with Crippen molar-refractivity contribution >= 4 is 5.91 Å². The van der Waals surface area contributed by atoms with E-state index in [-0.39, 0.29) is 17.4 Å². The molecular formula is C18H27N3O3. The van der Waals surface area contributed by atoms with Gasteiger partial charge in [-0.15, -0.1) is 0 Å². The van der Waals surface area contributed by atoms with Gasteiger partial charge in [-0.3, -0.25) is 4.79 Å². The standard InChI is InChI=1S/C18H27N3O3/c1-20(2)12-17(22)21-10-7-15-18(13-21,8-5-11-23-15)14-24-16-6-3-4-9-19-16/h3-4,6,9,15H,5,7-8,10-14H2,1-2H3/t15-,18+/m1/s1. The second-order valence-electron chi connectivity index (χ2n) is 7.12. The van der Waals surface area contributed by atoms with E-state index in [1.54, 1.807) is 6.20 Å². The molecule has 6 heteroatoms. The number of fused-ring (bicyclic) bond motifs is 1. The summed E-state index contributed by atoms with van der Waals surface area (Å²) in [4.78, 5) is 20.6. The molecule has 2 aliphatic heterocycles. The Bertz CT molecular complexity index is 552. The molecule has 0 aliphatic carbocycles. The second-order valence-corrected chi connectivity index (χ2v) is 7.12. The van der Waals surface area contributed by atoms with Crippen LogP contribution in [-0.2, 0) is 9.53 Å². The summed E-state index contributed by atoms with van der Waals surface area (Å²) in [7, 11) is 3.85. The highest BCUT2D eigenvalue weighted by Gasteiger charge is 2.47. The molecule has 1 aromatic rings. The van der Waals surface area contributed by atoms with Crippen molar-refractivity contribution in [3.05, 3.63) is 24.4 Å². The fourth-order valence-electron chi connectivity index (χ4n) is 3.73. The van der Waals surface area contributed by atoms with Crippen molar-refractivity contribution in [3.8, 4) is 5.88 Å². The number of aromatic nitrogens is 1. The fraction of sp³-hybridized carbons (Fsp3) is 0.667. The number of hydrogen-bond acceptors (Lipinski definition) is 5. The number of carbonyl (C=O) groups is 1. The van der Waals surface area contributed by atoms with Crippen LogP contribution >= 0.6 is 0 Å². The van der Waals surface area contributed by atoms with E-state index in [1.807, 2.05) is 42.1 Å². The van der Waals surface area contributed by atoms with Crippen molar-refractivity contribution in [1.29, 1.82) is 0 Å². The Balaban J connectivity index is 1.70. The van der Waals surface area contributed by atoms with Crippen LogP contribution in [0.3, 0.4) is 0 Å². The first-order chi connectivity index (χ1) is 11.6. The molecule has 0 unspecified atom stereocenters. The molecule has 0 saturated carbocycles. The summed E-state index contributed by atoms with van der Waals surface area (Å²) < 4.78 is 12.0. The van der Waals surface area contributed by atoms with Crippen LogP contribution in [0.2, 0.25) is 0 Å². The van der Waals surface area contributed by atoms with Gasteiger partial charge in [0.25, 0.3) is 0 Å². The lowest BCUT2D eigenvalue weighted by atomic mass is 9.73. The quantitative estimate of drug-likeness (QED) is 0.816. The van der Waals surface area contributed by atoms with E-state index >= 15 is 0 Å². The SMILES string of the molecule is CN(C)CC(=O)N1CC[C@H]2OCCC[C@@]2(COc2ccccn2)C1. The molecule has 3 rings (SSSR count).